The molecule has 1 heterocycles. The maximum Gasteiger partial charge on any atom is 0.224 e. The van der Waals surface area contributed by atoms with Gasteiger partial charge in [0.05, 0.1) is 14.2 Å². The highest BCUT2D eigenvalue weighted by Crippen LogP contribution is 2.31. The molecular formula is C21H23FN4O2. The van der Waals surface area contributed by atoms with Crippen molar-refractivity contribution in [2.45, 2.75) is 13.3 Å². The molecule has 7 heteroatoms. The van der Waals surface area contributed by atoms with Crippen molar-refractivity contribution in [2.24, 2.45) is 0 Å². The van der Waals surface area contributed by atoms with Crippen LogP contribution in [-0.4, -0.2) is 30.7 Å². The van der Waals surface area contributed by atoms with E-state index in [9.17, 15) is 4.39 Å². The molecule has 0 fully saturated rings. The van der Waals surface area contributed by atoms with Gasteiger partial charge in [-0.25, -0.2) is 9.37 Å². The minimum atomic E-state index is -0.203. The van der Waals surface area contributed by atoms with Crippen LogP contribution in [-0.2, 0) is 6.42 Å². The lowest BCUT2D eigenvalue weighted by Gasteiger charge is -2.12. The fourth-order valence-corrected chi connectivity index (χ4v) is 2.78. The molecule has 0 amide bonds. The molecule has 0 atom stereocenters. The molecule has 0 aliphatic rings. The van der Waals surface area contributed by atoms with Gasteiger partial charge in [0.15, 0.2) is 11.5 Å². The first kappa shape index (κ1) is 19.4. The number of methoxy groups -OCH3 is 2. The largest absolute Gasteiger partial charge is 0.493 e. The van der Waals surface area contributed by atoms with Gasteiger partial charge in [-0.3, -0.25) is 0 Å². The predicted molar refractivity (Wildman–Crippen MR) is 108 cm³/mol. The number of halogens is 1. The summed E-state index contributed by atoms with van der Waals surface area (Å²) in [5.74, 6) is 2.21. The molecular weight excluding hydrogens is 359 g/mol. The van der Waals surface area contributed by atoms with Crippen LogP contribution in [0.5, 0.6) is 11.5 Å². The van der Waals surface area contributed by atoms with Crippen LogP contribution in [0.1, 0.15) is 11.3 Å². The average Bonchev–Trinajstić information content (AvgIpc) is 2.69. The molecule has 3 rings (SSSR count). The summed E-state index contributed by atoms with van der Waals surface area (Å²) in [5.41, 5.74) is 2.28. The highest BCUT2D eigenvalue weighted by atomic mass is 19.1. The summed E-state index contributed by atoms with van der Waals surface area (Å²) >= 11 is 0. The molecule has 2 N–H and O–H groups in total. The zero-order chi connectivity index (χ0) is 19.9. The van der Waals surface area contributed by atoms with E-state index in [1.807, 2.05) is 37.3 Å². The third-order valence-electron chi connectivity index (χ3n) is 4.15. The van der Waals surface area contributed by atoms with Gasteiger partial charge in [0.1, 0.15) is 11.6 Å². The lowest BCUT2D eigenvalue weighted by Crippen LogP contribution is -2.10. The number of hydrogen-bond acceptors (Lipinski definition) is 6. The third kappa shape index (κ3) is 4.88. The minimum absolute atomic E-state index is 0.203. The summed E-state index contributed by atoms with van der Waals surface area (Å²) in [7, 11) is 3.19. The highest BCUT2D eigenvalue weighted by molar-refractivity contribution is 5.62. The van der Waals surface area contributed by atoms with E-state index in [0.29, 0.717) is 41.8 Å². The predicted octanol–water partition coefficient (Wildman–Crippen LogP) is 4.34. The van der Waals surface area contributed by atoms with Crippen molar-refractivity contribution in [1.82, 2.24) is 9.97 Å². The zero-order valence-electron chi connectivity index (χ0n) is 16.1. The van der Waals surface area contributed by atoms with Crippen molar-refractivity contribution in [3.05, 3.63) is 65.6 Å². The van der Waals surface area contributed by atoms with E-state index in [0.717, 1.165) is 11.4 Å². The molecule has 6 nitrogen and oxygen atoms in total. The van der Waals surface area contributed by atoms with Crippen LogP contribution in [0.2, 0.25) is 0 Å². The number of anilines is 3. The Morgan fingerprint density at radius 1 is 0.964 bits per heavy atom. The second kappa shape index (κ2) is 9.03. The summed E-state index contributed by atoms with van der Waals surface area (Å²) in [4.78, 5) is 8.87. The molecule has 0 saturated carbocycles. The first-order chi connectivity index (χ1) is 13.6. The van der Waals surface area contributed by atoms with E-state index in [1.165, 1.54) is 6.07 Å². The number of aromatic nitrogens is 2. The van der Waals surface area contributed by atoms with Crippen LogP contribution in [0.3, 0.4) is 0 Å². The van der Waals surface area contributed by atoms with Crippen molar-refractivity contribution in [3.63, 3.8) is 0 Å². The highest BCUT2D eigenvalue weighted by Gasteiger charge is 2.07. The van der Waals surface area contributed by atoms with Crippen LogP contribution in [0.15, 0.2) is 48.5 Å². The van der Waals surface area contributed by atoms with Gasteiger partial charge in [-0.15, -0.1) is 0 Å². The van der Waals surface area contributed by atoms with Crippen molar-refractivity contribution in [2.75, 3.05) is 31.4 Å². The van der Waals surface area contributed by atoms with Crippen LogP contribution in [0.25, 0.3) is 0 Å². The van der Waals surface area contributed by atoms with Crippen LogP contribution < -0.4 is 20.1 Å². The normalized spacial score (nSPS) is 10.4. The van der Waals surface area contributed by atoms with Gasteiger partial charge in [0.2, 0.25) is 5.95 Å². The van der Waals surface area contributed by atoms with Gasteiger partial charge in [-0.05, 0) is 37.1 Å². The molecule has 2 aromatic carbocycles. The maximum atomic E-state index is 13.7. The maximum absolute atomic E-state index is 13.7. The van der Waals surface area contributed by atoms with E-state index >= 15 is 0 Å². The summed E-state index contributed by atoms with van der Waals surface area (Å²) in [6.45, 7) is 2.42. The molecule has 0 spiro atoms. The SMILES string of the molecule is COc1ccc(Nc2cc(C)nc(NCCc3ccccc3F)n2)cc1OC. The number of rotatable bonds is 8. The number of benzene rings is 2. The fraction of sp³-hybridized carbons (Fsp3) is 0.238. The Balaban J connectivity index is 1.68. The Morgan fingerprint density at radius 3 is 2.50 bits per heavy atom. The Kier molecular flexibility index (Phi) is 6.26. The van der Waals surface area contributed by atoms with Crippen molar-refractivity contribution in [3.8, 4) is 11.5 Å². The molecule has 28 heavy (non-hydrogen) atoms. The van der Waals surface area contributed by atoms with Crippen molar-refractivity contribution < 1.29 is 13.9 Å². The number of hydrogen-bond donors (Lipinski definition) is 2. The molecule has 146 valence electrons. The molecule has 1 aromatic heterocycles. The first-order valence-corrected chi connectivity index (χ1v) is 8.91. The molecule has 0 aliphatic heterocycles. The fourth-order valence-electron chi connectivity index (χ4n) is 2.78. The molecule has 0 saturated heterocycles. The molecule has 0 unspecified atom stereocenters. The number of nitrogens with one attached hydrogen (secondary N) is 2. The lowest BCUT2D eigenvalue weighted by atomic mass is 10.1. The van der Waals surface area contributed by atoms with Crippen LogP contribution >= 0.6 is 0 Å². The second-order valence-corrected chi connectivity index (χ2v) is 6.18. The molecule has 3 aromatic rings. The van der Waals surface area contributed by atoms with E-state index in [-0.39, 0.29) is 5.82 Å². The second-order valence-electron chi connectivity index (χ2n) is 6.18. The zero-order valence-corrected chi connectivity index (χ0v) is 16.1. The summed E-state index contributed by atoms with van der Waals surface area (Å²) in [6.07, 6.45) is 0.544. The minimum Gasteiger partial charge on any atom is -0.493 e. The average molecular weight is 382 g/mol. The number of ether oxygens (including phenoxy) is 2. The van der Waals surface area contributed by atoms with Gasteiger partial charge in [0, 0.05) is 30.1 Å². The van der Waals surface area contributed by atoms with E-state index in [4.69, 9.17) is 9.47 Å². The number of nitrogens with zero attached hydrogens (tertiary/aromatic N) is 2. The Labute approximate surface area is 163 Å². The molecule has 0 bridgehead atoms. The smallest absolute Gasteiger partial charge is 0.224 e. The monoisotopic (exact) mass is 382 g/mol. The summed E-state index contributed by atoms with van der Waals surface area (Å²) in [6, 6.07) is 14.1. The van der Waals surface area contributed by atoms with Gasteiger partial charge in [-0.1, -0.05) is 18.2 Å². The van der Waals surface area contributed by atoms with Crippen LogP contribution in [0, 0.1) is 12.7 Å². The van der Waals surface area contributed by atoms with Crippen molar-refractivity contribution >= 4 is 17.5 Å². The molecule has 0 radical (unpaired) electrons. The van der Waals surface area contributed by atoms with E-state index in [2.05, 4.69) is 20.6 Å². The van der Waals surface area contributed by atoms with Gasteiger partial charge in [0.25, 0.3) is 0 Å². The Bertz CT molecular complexity index is 949. The summed E-state index contributed by atoms with van der Waals surface area (Å²) < 4.78 is 24.3. The van der Waals surface area contributed by atoms with Crippen LogP contribution in [0.4, 0.5) is 21.8 Å². The standard InChI is InChI=1S/C21H23FN4O2/c1-14-12-20(25-16-8-9-18(27-2)19(13-16)28-3)26-21(24-14)23-11-10-15-6-4-5-7-17(15)22/h4-9,12-13H,10-11H2,1-3H3,(H2,23,24,25,26). The van der Waals surface area contributed by atoms with E-state index < -0.39 is 0 Å². The summed E-state index contributed by atoms with van der Waals surface area (Å²) in [5, 5.41) is 6.40. The first-order valence-electron chi connectivity index (χ1n) is 8.91. The Hall–Kier alpha value is -3.35. The van der Waals surface area contributed by atoms with Gasteiger partial charge in [-0.2, -0.15) is 4.98 Å². The Morgan fingerprint density at radius 2 is 1.75 bits per heavy atom. The third-order valence-corrected chi connectivity index (χ3v) is 4.15. The lowest BCUT2D eigenvalue weighted by molar-refractivity contribution is 0.355. The topological polar surface area (TPSA) is 68.3 Å². The van der Waals surface area contributed by atoms with E-state index in [1.54, 1.807) is 26.4 Å². The van der Waals surface area contributed by atoms with Gasteiger partial charge < -0.3 is 20.1 Å². The molecule has 0 aliphatic carbocycles. The van der Waals surface area contributed by atoms with Gasteiger partial charge >= 0.3 is 0 Å². The quantitative estimate of drug-likeness (QED) is 0.604. The van der Waals surface area contributed by atoms with Crippen molar-refractivity contribution in [1.29, 1.82) is 0 Å². The number of aryl methyl sites for hydroxylation is 1.